The molecule has 2 amide bonds. The zero-order valence-electron chi connectivity index (χ0n) is 15.2. The zero-order chi connectivity index (χ0) is 21.0. The van der Waals surface area contributed by atoms with Gasteiger partial charge in [-0.2, -0.15) is 0 Å². The van der Waals surface area contributed by atoms with E-state index in [0.717, 1.165) is 0 Å². The summed E-state index contributed by atoms with van der Waals surface area (Å²) >= 11 is 1.30. The number of esters is 1. The van der Waals surface area contributed by atoms with E-state index in [-0.39, 0.29) is 10.8 Å². The molecule has 0 aliphatic carbocycles. The average molecular weight is 437 g/mol. The lowest BCUT2D eigenvalue weighted by Gasteiger charge is -2.22. The highest BCUT2D eigenvalue weighted by molar-refractivity contribution is 7.89. The summed E-state index contributed by atoms with van der Waals surface area (Å²) in [5.74, 6) is -1.44. The van der Waals surface area contributed by atoms with Gasteiger partial charge >= 0.3 is 5.97 Å². The van der Waals surface area contributed by atoms with E-state index in [4.69, 9.17) is 9.88 Å². The molecule has 3 rings (SSSR count). The quantitative estimate of drug-likeness (QED) is 0.652. The van der Waals surface area contributed by atoms with Crippen molar-refractivity contribution in [1.82, 2.24) is 4.90 Å². The first kappa shape index (κ1) is 21.0. The third kappa shape index (κ3) is 5.19. The van der Waals surface area contributed by atoms with Crippen molar-refractivity contribution >= 4 is 44.8 Å². The molecule has 0 saturated carbocycles. The highest BCUT2D eigenvalue weighted by Crippen LogP contribution is 2.23. The van der Waals surface area contributed by atoms with E-state index in [1.54, 1.807) is 17.5 Å². The van der Waals surface area contributed by atoms with Crippen molar-refractivity contribution in [3.05, 3.63) is 46.7 Å². The molecule has 1 fully saturated rings. The van der Waals surface area contributed by atoms with Crippen LogP contribution < -0.4 is 10.5 Å². The van der Waals surface area contributed by atoms with Gasteiger partial charge < -0.3 is 15.0 Å². The lowest BCUT2D eigenvalue weighted by atomic mass is 10.2. The molecule has 29 heavy (non-hydrogen) atoms. The lowest BCUT2D eigenvalue weighted by molar-refractivity contribution is -0.151. The molecule has 1 aromatic heterocycles. The molecule has 9 nitrogen and oxygen atoms in total. The highest BCUT2D eigenvalue weighted by atomic mass is 32.2. The minimum Gasteiger partial charge on any atom is -0.454 e. The van der Waals surface area contributed by atoms with Crippen molar-refractivity contribution in [3.8, 4) is 0 Å². The number of rotatable bonds is 6. The SMILES string of the molecule is NS(=O)(=O)c1ccc(NC(=O)COC(=O)C2CCCN2C(=O)c2cccs2)cc1. The number of nitrogens with two attached hydrogens (primary N) is 1. The van der Waals surface area contributed by atoms with Crippen LogP contribution >= 0.6 is 11.3 Å². The largest absolute Gasteiger partial charge is 0.454 e. The van der Waals surface area contributed by atoms with Gasteiger partial charge in [-0.1, -0.05) is 6.07 Å². The number of hydrogen-bond acceptors (Lipinski definition) is 7. The van der Waals surface area contributed by atoms with Gasteiger partial charge in [-0.15, -0.1) is 11.3 Å². The minimum absolute atomic E-state index is 0.0846. The summed E-state index contributed by atoms with van der Waals surface area (Å²) in [6.45, 7) is -0.0631. The second-order valence-corrected chi connectivity index (χ2v) is 8.87. The van der Waals surface area contributed by atoms with Gasteiger partial charge in [-0.25, -0.2) is 18.4 Å². The maximum absolute atomic E-state index is 12.5. The van der Waals surface area contributed by atoms with E-state index in [1.807, 2.05) is 0 Å². The molecule has 0 radical (unpaired) electrons. The summed E-state index contributed by atoms with van der Waals surface area (Å²) in [5.41, 5.74) is 0.328. The molecule has 11 heteroatoms. The van der Waals surface area contributed by atoms with Crippen LogP contribution in [0.2, 0.25) is 0 Å². The molecule has 2 heterocycles. The Bertz CT molecular complexity index is 1000. The van der Waals surface area contributed by atoms with Gasteiger partial charge in [0.2, 0.25) is 10.0 Å². The zero-order valence-corrected chi connectivity index (χ0v) is 16.9. The number of primary sulfonamides is 1. The summed E-state index contributed by atoms with van der Waals surface area (Å²) in [4.78, 5) is 38.8. The number of hydrogen-bond donors (Lipinski definition) is 2. The maximum atomic E-state index is 12.5. The number of benzene rings is 1. The molecule has 1 aliphatic rings. The summed E-state index contributed by atoms with van der Waals surface area (Å²) < 4.78 is 27.5. The molecule has 1 aliphatic heterocycles. The van der Waals surface area contributed by atoms with Crippen LogP contribution in [0.25, 0.3) is 0 Å². The Morgan fingerprint density at radius 1 is 1.21 bits per heavy atom. The molecule has 1 aromatic carbocycles. The summed E-state index contributed by atoms with van der Waals surface area (Å²) in [6.07, 6.45) is 1.16. The predicted octanol–water partition coefficient (Wildman–Crippen LogP) is 1.18. The van der Waals surface area contributed by atoms with Gasteiger partial charge in [-0.05, 0) is 48.6 Å². The summed E-state index contributed by atoms with van der Waals surface area (Å²) in [7, 11) is -3.82. The van der Waals surface area contributed by atoms with Crippen LogP contribution in [0.5, 0.6) is 0 Å². The fourth-order valence-electron chi connectivity index (χ4n) is 2.95. The van der Waals surface area contributed by atoms with Crippen molar-refractivity contribution in [2.75, 3.05) is 18.5 Å². The number of anilines is 1. The first-order valence-electron chi connectivity index (χ1n) is 8.69. The van der Waals surface area contributed by atoms with Crippen molar-refractivity contribution < 1.29 is 27.5 Å². The van der Waals surface area contributed by atoms with E-state index in [9.17, 15) is 22.8 Å². The van der Waals surface area contributed by atoms with Gasteiger partial charge in [0.15, 0.2) is 6.61 Å². The third-order valence-electron chi connectivity index (χ3n) is 4.33. The number of carbonyl (C=O) groups excluding carboxylic acids is 3. The molecule has 154 valence electrons. The van der Waals surface area contributed by atoms with E-state index in [1.165, 1.54) is 40.5 Å². The molecule has 2 aromatic rings. The molecular weight excluding hydrogens is 418 g/mol. The molecule has 0 bridgehead atoms. The second kappa shape index (κ2) is 8.72. The van der Waals surface area contributed by atoms with Crippen LogP contribution in [0.4, 0.5) is 5.69 Å². The van der Waals surface area contributed by atoms with Gasteiger partial charge in [-0.3, -0.25) is 9.59 Å². The van der Waals surface area contributed by atoms with Crippen molar-refractivity contribution in [3.63, 3.8) is 0 Å². The van der Waals surface area contributed by atoms with Crippen molar-refractivity contribution in [2.45, 2.75) is 23.8 Å². The van der Waals surface area contributed by atoms with Gasteiger partial charge in [0.1, 0.15) is 6.04 Å². The Balaban J connectivity index is 1.53. The Hall–Kier alpha value is -2.76. The fraction of sp³-hybridized carbons (Fsp3) is 0.278. The first-order valence-corrected chi connectivity index (χ1v) is 11.1. The van der Waals surface area contributed by atoms with E-state index >= 15 is 0 Å². The van der Waals surface area contributed by atoms with Crippen LogP contribution in [0.1, 0.15) is 22.5 Å². The first-order chi connectivity index (χ1) is 13.8. The van der Waals surface area contributed by atoms with Crippen LogP contribution in [0, 0.1) is 0 Å². The standard InChI is InChI=1S/C18H19N3O6S2/c19-29(25,26)13-7-5-12(6-8-13)20-16(22)11-27-18(24)14-3-1-9-21(14)17(23)15-4-2-10-28-15/h2,4-8,10,14H,1,3,9,11H2,(H,20,22)(H2,19,25,26). The maximum Gasteiger partial charge on any atom is 0.329 e. The molecule has 0 spiro atoms. The predicted molar refractivity (Wildman–Crippen MR) is 106 cm³/mol. The highest BCUT2D eigenvalue weighted by Gasteiger charge is 2.36. The summed E-state index contributed by atoms with van der Waals surface area (Å²) in [5, 5.41) is 9.29. The van der Waals surface area contributed by atoms with E-state index in [2.05, 4.69) is 5.32 Å². The minimum atomic E-state index is -3.82. The number of amides is 2. The fourth-order valence-corrected chi connectivity index (χ4v) is 4.15. The Morgan fingerprint density at radius 3 is 2.55 bits per heavy atom. The topological polar surface area (TPSA) is 136 Å². The van der Waals surface area contributed by atoms with E-state index < -0.39 is 34.5 Å². The number of thiophene rings is 1. The molecule has 3 N–H and O–H groups in total. The normalized spacial score (nSPS) is 16.4. The molecular formula is C18H19N3O6S2. The summed E-state index contributed by atoms with van der Waals surface area (Å²) in [6, 6.07) is 8.00. The molecule has 1 atom stereocenters. The van der Waals surface area contributed by atoms with Gasteiger partial charge in [0.25, 0.3) is 11.8 Å². The second-order valence-electron chi connectivity index (χ2n) is 6.36. The van der Waals surface area contributed by atoms with Crippen molar-refractivity contribution in [1.29, 1.82) is 0 Å². The number of carbonyl (C=O) groups is 3. The number of nitrogens with one attached hydrogen (secondary N) is 1. The average Bonchev–Trinajstić information content (AvgIpc) is 3.37. The van der Waals surface area contributed by atoms with E-state index in [0.29, 0.717) is 30.0 Å². The number of sulfonamides is 1. The van der Waals surface area contributed by atoms with Gasteiger partial charge in [0.05, 0.1) is 9.77 Å². The van der Waals surface area contributed by atoms with Crippen molar-refractivity contribution in [2.24, 2.45) is 5.14 Å². The monoisotopic (exact) mass is 437 g/mol. The van der Waals surface area contributed by atoms with Crippen LogP contribution in [-0.4, -0.2) is 50.3 Å². The van der Waals surface area contributed by atoms with Gasteiger partial charge in [0, 0.05) is 12.2 Å². The van der Waals surface area contributed by atoms with Crippen LogP contribution in [-0.2, 0) is 24.3 Å². The third-order valence-corrected chi connectivity index (χ3v) is 6.12. The number of ether oxygens (including phenoxy) is 1. The molecule has 1 saturated heterocycles. The Labute approximate surface area is 171 Å². The Morgan fingerprint density at radius 2 is 1.93 bits per heavy atom. The smallest absolute Gasteiger partial charge is 0.329 e. The number of nitrogens with zero attached hydrogens (tertiary/aromatic N) is 1. The van der Waals surface area contributed by atoms with Crippen LogP contribution in [0.15, 0.2) is 46.7 Å². The Kier molecular flexibility index (Phi) is 6.30. The lowest BCUT2D eigenvalue weighted by Crippen LogP contribution is -2.41. The number of likely N-dealkylation sites (tertiary alicyclic amines) is 1. The van der Waals surface area contributed by atoms with Crippen LogP contribution in [0.3, 0.4) is 0 Å². The molecule has 1 unspecified atom stereocenters.